The van der Waals surface area contributed by atoms with Gasteiger partial charge in [-0.25, -0.2) is 9.97 Å². The number of methoxy groups -OCH3 is 2. The van der Waals surface area contributed by atoms with Crippen LogP contribution in [0.2, 0.25) is 0 Å². The van der Waals surface area contributed by atoms with Gasteiger partial charge in [0.2, 0.25) is 0 Å². The number of ether oxygens (including phenoxy) is 4. The molecule has 1 aromatic heterocycles. The van der Waals surface area contributed by atoms with E-state index in [1.54, 1.807) is 14.2 Å². The lowest BCUT2D eigenvalue weighted by Gasteiger charge is -2.15. The summed E-state index contributed by atoms with van der Waals surface area (Å²) in [5, 5.41) is 0.830. The van der Waals surface area contributed by atoms with Crippen molar-refractivity contribution in [2.75, 3.05) is 40.6 Å². The molecule has 0 aliphatic heterocycles. The molecule has 28 heavy (non-hydrogen) atoms. The van der Waals surface area contributed by atoms with Gasteiger partial charge in [0.05, 0.1) is 24.4 Å². The largest absolute Gasteiger partial charge is 0.487 e. The van der Waals surface area contributed by atoms with Crippen molar-refractivity contribution in [1.29, 1.82) is 0 Å². The second-order valence-corrected chi connectivity index (χ2v) is 5.91. The van der Waals surface area contributed by atoms with Crippen molar-refractivity contribution < 1.29 is 18.9 Å². The number of benzene rings is 2. The van der Waals surface area contributed by atoms with Crippen LogP contribution in [0.15, 0.2) is 42.7 Å². The van der Waals surface area contributed by atoms with Crippen LogP contribution in [0.4, 0.5) is 0 Å². The molecule has 3 aromatic rings. The molecule has 0 saturated carbocycles. The van der Waals surface area contributed by atoms with Crippen LogP contribution in [0.5, 0.6) is 11.5 Å². The maximum absolute atomic E-state index is 5.88. The summed E-state index contributed by atoms with van der Waals surface area (Å²) in [6.45, 7) is 1.74. The number of hydrogen-bond acceptors (Lipinski definition) is 6. The number of rotatable bonds is 9. The van der Waals surface area contributed by atoms with E-state index in [4.69, 9.17) is 25.4 Å². The first kappa shape index (κ1) is 19.6. The summed E-state index contributed by atoms with van der Waals surface area (Å²) in [6, 6.07) is 11.4. The van der Waals surface area contributed by atoms with Crippen LogP contribution in [-0.4, -0.2) is 50.6 Å². The van der Waals surface area contributed by atoms with Gasteiger partial charge in [0, 0.05) is 36.8 Å². The molecule has 0 saturated heterocycles. The standard InChI is InChI=1S/C22H22N2O4/c1-4-16-7-5-6-8-17(16)22-18-13-20(27-11-9-25-2)21(28-12-10-26-3)14-19(18)23-15-24-22/h1,5-8,13-15H,9-12H2,2-3H3. The summed E-state index contributed by atoms with van der Waals surface area (Å²) < 4.78 is 21.8. The highest BCUT2D eigenvalue weighted by atomic mass is 16.5. The van der Waals surface area contributed by atoms with E-state index in [2.05, 4.69) is 15.9 Å². The first-order chi connectivity index (χ1) is 13.8. The predicted octanol–water partition coefficient (Wildman–Crippen LogP) is 3.33. The normalized spacial score (nSPS) is 10.6. The van der Waals surface area contributed by atoms with E-state index >= 15 is 0 Å². The number of terminal acetylenes is 1. The lowest BCUT2D eigenvalue weighted by molar-refractivity contribution is 0.132. The van der Waals surface area contributed by atoms with Gasteiger partial charge >= 0.3 is 0 Å². The Morgan fingerprint density at radius 1 is 0.893 bits per heavy atom. The molecule has 0 amide bonds. The van der Waals surface area contributed by atoms with Gasteiger partial charge in [0.1, 0.15) is 19.5 Å². The van der Waals surface area contributed by atoms with E-state index in [0.717, 1.165) is 27.7 Å². The van der Waals surface area contributed by atoms with Gasteiger partial charge in [-0.1, -0.05) is 24.1 Å². The van der Waals surface area contributed by atoms with Crippen LogP contribution < -0.4 is 9.47 Å². The third kappa shape index (κ3) is 4.39. The minimum Gasteiger partial charge on any atom is -0.487 e. The van der Waals surface area contributed by atoms with Crippen molar-refractivity contribution in [2.24, 2.45) is 0 Å². The molecule has 0 fully saturated rings. The second kappa shape index (κ2) is 9.70. The molecule has 0 atom stereocenters. The van der Waals surface area contributed by atoms with E-state index in [1.165, 1.54) is 6.33 Å². The Labute approximate surface area is 164 Å². The van der Waals surface area contributed by atoms with Crippen LogP contribution in [0.3, 0.4) is 0 Å². The van der Waals surface area contributed by atoms with E-state index in [-0.39, 0.29) is 0 Å². The Morgan fingerprint density at radius 2 is 1.57 bits per heavy atom. The Kier molecular flexibility index (Phi) is 6.79. The van der Waals surface area contributed by atoms with Gasteiger partial charge in [0.25, 0.3) is 0 Å². The molecule has 6 nitrogen and oxygen atoms in total. The van der Waals surface area contributed by atoms with E-state index in [1.807, 2.05) is 36.4 Å². The molecule has 144 valence electrons. The SMILES string of the molecule is C#Cc1ccccc1-c1ncnc2cc(OCCOC)c(OCCOC)cc12. The Morgan fingerprint density at radius 3 is 2.25 bits per heavy atom. The molecule has 1 heterocycles. The highest BCUT2D eigenvalue weighted by Crippen LogP contribution is 2.36. The summed E-state index contributed by atoms with van der Waals surface area (Å²) >= 11 is 0. The topological polar surface area (TPSA) is 62.7 Å². The van der Waals surface area contributed by atoms with Crippen LogP contribution in [-0.2, 0) is 9.47 Å². The highest BCUT2D eigenvalue weighted by Gasteiger charge is 2.15. The van der Waals surface area contributed by atoms with E-state index < -0.39 is 0 Å². The fourth-order valence-corrected chi connectivity index (χ4v) is 2.79. The van der Waals surface area contributed by atoms with Gasteiger partial charge in [-0.15, -0.1) is 6.42 Å². The predicted molar refractivity (Wildman–Crippen MR) is 108 cm³/mol. The zero-order valence-electron chi connectivity index (χ0n) is 16.0. The van der Waals surface area contributed by atoms with Crippen LogP contribution in [0.1, 0.15) is 5.56 Å². The smallest absolute Gasteiger partial charge is 0.163 e. The zero-order valence-corrected chi connectivity index (χ0v) is 16.0. The summed E-state index contributed by atoms with van der Waals surface area (Å²) in [7, 11) is 3.25. The van der Waals surface area contributed by atoms with Gasteiger partial charge < -0.3 is 18.9 Å². The monoisotopic (exact) mass is 378 g/mol. The van der Waals surface area contributed by atoms with E-state index in [0.29, 0.717) is 37.9 Å². The maximum atomic E-state index is 5.88. The summed E-state index contributed by atoms with van der Waals surface area (Å²) in [5.41, 5.74) is 3.12. The van der Waals surface area contributed by atoms with Gasteiger partial charge in [-0.3, -0.25) is 0 Å². The second-order valence-electron chi connectivity index (χ2n) is 5.91. The average molecular weight is 378 g/mol. The number of hydrogen-bond donors (Lipinski definition) is 0. The lowest BCUT2D eigenvalue weighted by Crippen LogP contribution is -2.09. The minimum absolute atomic E-state index is 0.395. The molecular formula is C22H22N2O4. The van der Waals surface area contributed by atoms with Crippen LogP contribution in [0, 0.1) is 12.3 Å². The van der Waals surface area contributed by atoms with Gasteiger partial charge in [0.15, 0.2) is 11.5 Å². The Bertz CT molecular complexity index is 982. The average Bonchev–Trinajstić information content (AvgIpc) is 2.73. The molecule has 0 radical (unpaired) electrons. The minimum atomic E-state index is 0.395. The molecule has 2 aromatic carbocycles. The van der Waals surface area contributed by atoms with Crippen molar-refractivity contribution in [1.82, 2.24) is 9.97 Å². The van der Waals surface area contributed by atoms with Gasteiger partial charge in [-0.05, 0) is 12.1 Å². The molecule has 0 N–H and O–H groups in total. The molecule has 3 rings (SSSR count). The first-order valence-electron chi connectivity index (χ1n) is 8.86. The fraction of sp³-hybridized carbons (Fsp3) is 0.273. The number of nitrogens with zero attached hydrogens (tertiary/aromatic N) is 2. The van der Waals surface area contributed by atoms with Crippen molar-refractivity contribution in [3.05, 3.63) is 48.3 Å². The lowest BCUT2D eigenvalue weighted by atomic mass is 10.0. The van der Waals surface area contributed by atoms with Gasteiger partial charge in [-0.2, -0.15) is 0 Å². The highest BCUT2D eigenvalue weighted by molar-refractivity contribution is 5.95. The molecule has 6 heteroatoms. The summed E-state index contributed by atoms with van der Waals surface area (Å²) in [5.74, 6) is 3.90. The number of aromatic nitrogens is 2. The van der Waals surface area contributed by atoms with Crippen molar-refractivity contribution >= 4 is 10.9 Å². The van der Waals surface area contributed by atoms with Crippen molar-refractivity contribution in [3.63, 3.8) is 0 Å². The Hall–Kier alpha value is -3.14. The van der Waals surface area contributed by atoms with E-state index in [9.17, 15) is 0 Å². The first-order valence-corrected chi connectivity index (χ1v) is 8.86. The molecule has 0 bridgehead atoms. The molecular weight excluding hydrogens is 356 g/mol. The Balaban J connectivity index is 2.09. The molecule has 0 unspecified atom stereocenters. The molecule has 0 aliphatic rings. The summed E-state index contributed by atoms with van der Waals surface area (Å²) in [4.78, 5) is 8.88. The third-order valence-corrected chi connectivity index (χ3v) is 4.13. The van der Waals surface area contributed by atoms with Crippen molar-refractivity contribution in [3.8, 4) is 35.1 Å². The zero-order chi connectivity index (χ0) is 19.8. The van der Waals surface area contributed by atoms with Crippen molar-refractivity contribution in [2.45, 2.75) is 0 Å². The summed E-state index contributed by atoms with van der Waals surface area (Å²) in [6.07, 6.45) is 7.19. The quantitative estimate of drug-likeness (QED) is 0.420. The number of fused-ring (bicyclic) bond motifs is 1. The molecule has 0 spiro atoms. The molecule has 0 aliphatic carbocycles. The third-order valence-electron chi connectivity index (χ3n) is 4.13. The fourth-order valence-electron chi connectivity index (χ4n) is 2.79. The maximum Gasteiger partial charge on any atom is 0.163 e. The van der Waals surface area contributed by atoms with Crippen LogP contribution >= 0.6 is 0 Å². The van der Waals surface area contributed by atoms with Crippen LogP contribution in [0.25, 0.3) is 22.2 Å².